The fourth-order valence-corrected chi connectivity index (χ4v) is 3.94. The zero-order valence-corrected chi connectivity index (χ0v) is 14.0. The number of methoxy groups -OCH3 is 1. The smallest absolute Gasteiger partial charge is 0.270 e. The van der Waals surface area contributed by atoms with Gasteiger partial charge >= 0.3 is 0 Å². The van der Waals surface area contributed by atoms with Gasteiger partial charge in [0.25, 0.3) is 5.91 Å². The number of fused-ring (bicyclic) bond motifs is 1. The van der Waals surface area contributed by atoms with E-state index >= 15 is 0 Å². The van der Waals surface area contributed by atoms with Crippen molar-refractivity contribution in [1.82, 2.24) is 14.8 Å². The van der Waals surface area contributed by atoms with Crippen molar-refractivity contribution in [3.63, 3.8) is 0 Å². The van der Waals surface area contributed by atoms with Crippen molar-refractivity contribution in [2.45, 2.75) is 18.9 Å². The van der Waals surface area contributed by atoms with E-state index < -0.39 is 0 Å². The number of nitrogens with zero attached hydrogens (tertiary/aromatic N) is 2. The summed E-state index contributed by atoms with van der Waals surface area (Å²) >= 11 is 0. The Morgan fingerprint density at radius 3 is 2.75 bits per heavy atom. The molecular formula is C19H23N3O2. The third kappa shape index (κ3) is 2.69. The number of hydrogen-bond acceptors (Lipinski definition) is 3. The van der Waals surface area contributed by atoms with E-state index in [1.165, 1.54) is 11.1 Å². The maximum atomic E-state index is 12.4. The third-order valence-electron chi connectivity index (χ3n) is 5.27. The number of rotatable bonds is 3. The summed E-state index contributed by atoms with van der Waals surface area (Å²) in [4.78, 5) is 19.9. The highest BCUT2D eigenvalue weighted by molar-refractivity contribution is 5.92. The summed E-state index contributed by atoms with van der Waals surface area (Å²) < 4.78 is 5.39. The molecule has 2 aromatic rings. The Bertz CT molecular complexity index is 718. The van der Waals surface area contributed by atoms with Gasteiger partial charge in [-0.05, 0) is 48.2 Å². The van der Waals surface area contributed by atoms with Crippen LogP contribution in [0.15, 0.2) is 36.5 Å². The van der Waals surface area contributed by atoms with Crippen molar-refractivity contribution in [2.24, 2.45) is 0 Å². The zero-order chi connectivity index (χ0) is 16.5. The number of H-pyrrole nitrogens is 1. The van der Waals surface area contributed by atoms with Crippen LogP contribution >= 0.6 is 0 Å². The van der Waals surface area contributed by atoms with Gasteiger partial charge < -0.3 is 14.6 Å². The first-order chi connectivity index (χ1) is 11.8. The van der Waals surface area contributed by atoms with Gasteiger partial charge in [0.2, 0.25) is 0 Å². The van der Waals surface area contributed by atoms with E-state index in [2.05, 4.69) is 22.0 Å². The minimum absolute atomic E-state index is 0.105. The third-order valence-corrected chi connectivity index (χ3v) is 5.27. The molecule has 1 aliphatic heterocycles. The van der Waals surface area contributed by atoms with Crippen LogP contribution in [-0.2, 0) is 6.42 Å². The van der Waals surface area contributed by atoms with Gasteiger partial charge in [0.15, 0.2) is 0 Å². The summed E-state index contributed by atoms with van der Waals surface area (Å²) in [6.45, 7) is 3.42. The average Bonchev–Trinajstić information content (AvgIpc) is 3.30. The van der Waals surface area contributed by atoms with Gasteiger partial charge in [0.05, 0.1) is 7.11 Å². The molecule has 5 heteroatoms. The minimum atomic E-state index is 0.105. The molecule has 1 unspecified atom stereocenters. The van der Waals surface area contributed by atoms with Gasteiger partial charge in [-0.15, -0.1) is 0 Å². The quantitative estimate of drug-likeness (QED) is 0.943. The Hall–Kier alpha value is -2.27. The molecule has 0 radical (unpaired) electrons. The molecule has 0 spiro atoms. The Morgan fingerprint density at radius 2 is 2.04 bits per heavy atom. The van der Waals surface area contributed by atoms with Crippen LogP contribution in [0.2, 0.25) is 0 Å². The van der Waals surface area contributed by atoms with E-state index in [1.54, 1.807) is 13.3 Å². The summed E-state index contributed by atoms with van der Waals surface area (Å²) in [5, 5.41) is 0. The number of aryl methyl sites for hydroxylation is 1. The fourth-order valence-electron chi connectivity index (χ4n) is 3.94. The topological polar surface area (TPSA) is 48.6 Å². The van der Waals surface area contributed by atoms with E-state index in [1.807, 2.05) is 23.1 Å². The Kier molecular flexibility index (Phi) is 4.02. The van der Waals surface area contributed by atoms with E-state index in [-0.39, 0.29) is 5.91 Å². The van der Waals surface area contributed by atoms with Crippen molar-refractivity contribution >= 4 is 5.91 Å². The molecule has 1 aliphatic carbocycles. The first kappa shape index (κ1) is 15.3. The lowest BCUT2D eigenvalue weighted by molar-refractivity contribution is 0.0563. The second-order valence-electron chi connectivity index (χ2n) is 6.53. The first-order valence-electron chi connectivity index (χ1n) is 8.60. The molecule has 1 saturated heterocycles. The highest BCUT2D eigenvalue weighted by Crippen LogP contribution is 2.38. The highest BCUT2D eigenvalue weighted by Gasteiger charge is 2.31. The van der Waals surface area contributed by atoms with E-state index in [4.69, 9.17) is 4.74 Å². The van der Waals surface area contributed by atoms with E-state index in [0.717, 1.165) is 44.8 Å². The molecule has 2 heterocycles. The SMILES string of the molecule is COc1ccc2c(c1)C(N1CCN(C(=O)c3ccc[nH]3)CC1)CC2. The van der Waals surface area contributed by atoms with E-state index in [9.17, 15) is 4.79 Å². The number of hydrogen-bond donors (Lipinski definition) is 1. The van der Waals surface area contributed by atoms with Gasteiger partial charge in [-0.2, -0.15) is 0 Å². The molecule has 4 rings (SSSR count). The van der Waals surface area contributed by atoms with Gasteiger partial charge in [0.1, 0.15) is 11.4 Å². The van der Waals surface area contributed by atoms with Crippen LogP contribution in [0.25, 0.3) is 0 Å². The van der Waals surface area contributed by atoms with E-state index in [0.29, 0.717) is 11.7 Å². The molecule has 5 nitrogen and oxygen atoms in total. The van der Waals surface area contributed by atoms with Crippen molar-refractivity contribution in [3.05, 3.63) is 53.3 Å². The second-order valence-corrected chi connectivity index (χ2v) is 6.53. The molecule has 0 saturated carbocycles. The van der Waals surface area contributed by atoms with Crippen molar-refractivity contribution in [3.8, 4) is 5.75 Å². The van der Waals surface area contributed by atoms with Gasteiger partial charge in [-0.25, -0.2) is 0 Å². The zero-order valence-electron chi connectivity index (χ0n) is 14.0. The standard InChI is InChI=1S/C19H23N3O2/c1-24-15-6-4-14-5-7-18(16(14)13-15)21-9-11-22(12-10-21)19(23)17-3-2-8-20-17/h2-4,6,8,13,18,20H,5,7,9-12H2,1H3. The number of carbonyl (C=O) groups is 1. The lowest BCUT2D eigenvalue weighted by Gasteiger charge is -2.38. The predicted molar refractivity (Wildman–Crippen MR) is 92.3 cm³/mol. The monoisotopic (exact) mass is 325 g/mol. The molecular weight excluding hydrogens is 302 g/mol. The summed E-state index contributed by atoms with van der Waals surface area (Å²) in [5.74, 6) is 1.04. The molecule has 1 atom stereocenters. The molecule has 2 aliphatic rings. The lowest BCUT2D eigenvalue weighted by Crippen LogP contribution is -2.49. The number of carbonyl (C=O) groups excluding carboxylic acids is 1. The molecule has 126 valence electrons. The maximum absolute atomic E-state index is 12.4. The number of nitrogens with one attached hydrogen (secondary N) is 1. The fraction of sp³-hybridized carbons (Fsp3) is 0.421. The summed E-state index contributed by atoms with van der Waals surface area (Å²) in [5.41, 5.74) is 3.52. The molecule has 24 heavy (non-hydrogen) atoms. The van der Waals surface area contributed by atoms with Crippen molar-refractivity contribution in [2.75, 3.05) is 33.3 Å². The molecule has 1 N–H and O–H groups in total. The van der Waals surface area contributed by atoms with Crippen LogP contribution in [-0.4, -0.2) is 54.0 Å². The van der Waals surface area contributed by atoms with Crippen LogP contribution in [0.1, 0.15) is 34.1 Å². The highest BCUT2D eigenvalue weighted by atomic mass is 16.5. The van der Waals surface area contributed by atoms with Crippen LogP contribution in [0, 0.1) is 0 Å². The minimum Gasteiger partial charge on any atom is -0.497 e. The number of ether oxygens (including phenoxy) is 1. The second kappa shape index (κ2) is 6.32. The largest absolute Gasteiger partial charge is 0.497 e. The van der Waals surface area contributed by atoms with Crippen LogP contribution in [0.4, 0.5) is 0 Å². The number of benzene rings is 1. The van der Waals surface area contributed by atoms with Crippen molar-refractivity contribution < 1.29 is 9.53 Å². The first-order valence-corrected chi connectivity index (χ1v) is 8.60. The van der Waals surface area contributed by atoms with Gasteiger partial charge in [-0.3, -0.25) is 9.69 Å². The molecule has 1 fully saturated rings. The number of piperazine rings is 1. The van der Waals surface area contributed by atoms with Crippen LogP contribution in [0.3, 0.4) is 0 Å². The van der Waals surface area contributed by atoms with Crippen LogP contribution in [0.5, 0.6) is 5.75 Å². The van der Waals surface area contributed by atoms with Crippen LogP contribution < -0.4 is 4.74 Å². The molecule has 1 amide bonds. The number of aromatic amines is 1. The summed E-state index contributed by atoms with van der Waals surface area (Å²) in [6, 6.07) is 10.6. The molecule has 0 bridgehead atoms. The summed E-state index contributed by atoms with van der Waals surface area (Å²) in [7, 11) is 1.72. The Labute approximate surface area is 142 Å². The number of aromatic nitrogens is 1. The lowest BCUT2D eigenvalue weighted by atomic mass is 10.1. The predicted octanol–water partition coefficient (Wildman–Crippen LogP) is 2.47. The molecule has 1 aromatic carbocycles. The van der Waals surface area contributed by atoms with Gasteiger partial charge in [0, 0.05) is 38.4 Å². The molecule has 1 aromatic heterocycles. The average molecular weight is 325 g/mol. The normalized spacial score (nSPS) is 20.9. The van der Waals surface area contributed by atoms with Crippen molar-refractivity contribution in [1.29, 1.82) is 0 Å². The maximum Gasteiger partial charge on any atom is 0.270 e. The summed E-state index contributed by atoms with van der Waals surface area (Å²) in [6.07, 6.45) is 4.09. The van der Waals surface area contributed by atoms with Gasteiger partial charge in [-0.1, -0.05) is 6.07 Å². The number of amides is 1. The Balaban J connectivity index is 1.43. The Morgan fingerprint density at radius 1 is 1.21 bits per heavy atom.